The van der Waals surface area contributed by atoms with Crippen LogP contribution in [-0.2, 0) is 12.1 Å². The van der Waals surface area contributed by atoms with E-state index < -0.39 is 0 Å². The summed E-state index contributed by atoms with van der Waals surface area (Å²) in [6, 6.07) is 17.0. The van der Waals surface area contributed by atoms with E-state index in [0.717, 1.165) is 44.6 Å². The molecule has 0 saturated carbocycles. The van der Waals surface area contributed by atoms with E-state index in [4.69, 9.17) is 4.98 Å². The van der Waals surface area contributed by atoms with Crippen LogP contribution < -0.4 is 10.9 Å². The molecule has 8 heteroatoms. The third kappa shape index (κ3) is 5.77. The van der Waals surface area contributed by atoms with Gasteiger partial charge in [-0.3, -0.25) is 24.0 Å². The van der Waals surface area contributed by atoms with Gasteiger partial charge in [0.2, 0.25) is 0 Å². The summed E-state index contributed by atoms with van der Waals surface area (Å²) in [5.41, 5.74) is 2.37. The highest BCUT2D eigenvalue weighted by atomic mass is 16.2. The Labute approximate surface area is 250 Å². The number of piperidine rings is 1. The molecule has 2 saturated heterocycles. The van der Waals surface area contributed by atoms with Gasteiger partial charge >= 0.3 is 0 Å². The van der Waals surface area contributed by atoms with Gasteiger partial charge in [-0.05, 0) is 77.9 Å². The number of hydrogen-bond donors (Lipinski definition) is 1. The molecule has 2 aliphatic rings. The van der Waals surface area contributed by atoms with E-state index in [1.807, 2.05) is 34.6 Å². The van der Waals surface area contributed by atoms with Crippen molar-refractivity contribution in [2.24, 2.45) is 0 Å². The van der Waals surface area contributed by atoms with Crippen LogP contribution in [0, 0.1) is 0 Å². The first kappa shape index (κ1) is 30.4. The Morgan fingerprint density at radius 2 is 1.71 bits per heavy atom. The second-order valence-corrected chi connectivity index (χ2v) is 12.6. The lowest BCUT2D eigenvalue weighted by Crippen LogP contribution is -2.55. The minimum absolute atomic E-state index is 0.0171. The molecule has 2 aliphatic heterocycles. The zero-order valence-corrected chi connectivity index (χ0v) is 26.3. The van der Waals surface area contributed by atoms with Crippen molar-refractivity contribution in [3.05, 3.63) is 75.8 Å². The summed E-state index contributed by atoms with van der Waals surface area (Å²) in [6.07, 6.45) is 3.68. The van der Waals surface area contributed by atoms with Gasteiger partial charge in [-0.1, -0.05) is 43.7 Å². The first-order valence-electron chi connectivity index (χ1n) is 15.7. The Balaban J connectivity index is 1.43. The monoisotopic (exact) mass is 572 g/mol. The second kappa shape index (κ2) is 12.7. The summed E-state index contributed by atoms with van der Waals surface area (Å²) >= 11 is 0. The van der Waals surface area contributed by atoms with Gasteiger partial charge in [-0.15, -0.1) is 0 Å². The minimum atomic E-state index is -0.0916. The summed E-state index contributed by atoms with van der Waals surface area (Å²) in [7, 11) is 4.25. The third-order valence-corrected chi connectivity index (χ3v) is 9.48. The average Bonchev–Trinajstić information content (AvgIpc) is 2.99. The molecule has 5 rings (SSSR count). The maximum Gasteiger partial charge on any atom is 0.261 e. The van der Waals surface area contributed by atoms with Crippen LogP contribution >= 0.6 is 0 Å². The van der Waals surface area contributed by atoms with E-state index in [1.165, 1.54) is 5.56 Å². The van der Waals surface area contributed by atoms with Crippen molar-refractivity contribution in [3.8, 4) is 0 Å². The molecule has 2 aromatic carbocycles. The van der Waals surface area contributed by atoms with E-state index in [-0.39, 0.29) is 23.0 Å². The van der Waals surface area contributed by atoms with Crippen LogP contribution in [0.4, 0.5) is 0 Å². The second-order valence-electron chi connectivity index (χ2n) is 12.6. The predicted octanol–water partition coefficient (Wildman–Crippen LogP) is 4.63. The topological polar surface area (TPSA) is 73.7 Å². The number of nitrogens with zero attached hydrogens (tertiary/aromatic N) is 5. The summed E-state index contributed by atoms with van der Waals surface area (Å²) < 4.78 is 1.83. The standard InChI is InChI=1S/C34H48N6O2/c1-7-12-30(39-22-24(3)35-25(4)23-39)31-36-29-16-15-26(21-28(29)33(42)40(31)8-2)32(41)38-19-17-34(18-20-38,37(5)6)27-13-10-9-11-14-27/h9-11,13-16,21,24-25,30,35H,7-8,12,17-20,22-23H2,1-6H3/t24-,25+,30?. The van der Waals surface area contributed by atoms with Crippen LogP contribution in [0.1, 0.15) is 81.2 Å². The molecule has 226 valence electrons. The highest BCUT2D eigenvalue weighted by molar-refractivity contribution is 5.97. The molecule has 0 aliphatic carbocycles. The molecule has 3 aromatic rings. The lowest BCUT2D eigenvalue weighted by Gasteiger charge is -2.46. The number of benzene rings is 2. The van der Waals surface area contributed by atoms with Crippen LogP contribution in [-0.4, -0.2) is 82.5 Å². The van der Waals surface area contributed by atoms with Gasteiger partial charge < -0.3 is 10.2 Å². The molecule has 3 atom stereocenters. The van der Waals surface area contributed by atoms with Crippen LogP contribution in [0.3, 0.4) is 0 Å². The summed E-state index contributed by atoms with van der Waals surface area (Å²) in [4.78, 5) is 39.5. The molecule has 1 N–H and O–H groups in total. The fraction of sp³-hybridized carbons (Fsp3) is 0.559. The average molecular weight is 573 g/mol. The van der Waals surface area contributed by atoms with Gasteiger partial charge in [0.1, 0.15) is 5.82 Å². The number of aromatic nitrogens is 2. The molecule has 42 heavy (non-hydrogen) atoms. The van der Waals surface area contributed by atoms with Crippen LogP contribution in [0.15, 0.2) is 53.3 Å². The normalized spacial score (nSPS) is 22.0. The Morgan fingerprint density at radius 1 is 1.05 bits per heavy atom. The number of likely N-dealkylation sites (tertiary alicyclic amines) is 1. The Hall–Kier alpha value is -3.07. The molecule has 0 radical (unpaired) electrons. The molecule has 0 spiro atoms. The molecular weight excluding hydrogens is 524 g/mol. The van der Waals surface area contributed by atoms with Crippen molar-refractivity contribution in [2.75, 3.05) is 40.3 Å². The van der Waals surface area contributed by atoms with E-state index >= 15 is 0 Å². The maximum atomic E-state index is 13.9. The number of hydrogen-bond acceptors (Lipinski definition) is 6. The lowest BCUT2D eigenvalue weighted by atomic mass is 9.79. The van der Waals surface area contributed by atoms with Gasteiger partial charge in [0.25, 0.3) is 11.5 Å². The number of fused-ring (bicyclic) bond motifs is 1. The predicted molar refractivity (Wildman–Crippen MR) is 170 cm³/mol. The highest BCUT2D eigenvalue weighted by Crippen LogP contribution is 2.37. The smallest absolute Gasteiger partial charge is 0.261 e. The summed E-state index contributed by atoms with van der Waals surface area (Å²) in [5.74, 6) is 0.825. The zero-order valence-electron chi connectivity index (χ0n) is 26.3. The first-order valence-corrected chi connectivity index (χ1v) is 15.7. The molecule has 0 bridgehead atoms. The minimum Gasteiger partial charge on any atom is -0.338 e. The van der Waals surface area contributed by atoms with Crippen molar-refractivity contribution < 1.29 is 4.79 Å². The Morgan fingerprint density at radius 3 is 2.31 bits per heavy atom. The van der Waals surface area contributed by atoms with Gasteiger partial charge in [0, 0.05) is 55.9 Å². The number of piperazine rings is 1. The fourth-order valence-corrected chi connectivity index (χ4v) is 7.31. The Kier molecular flexibility index (Phi) is 9.16. The number of carbonyl (C=O) groups is 1. The van der Waals surface area contributed by atoms with Gasteiger partial charge in [-0.2, -0.15) is 0 Å². The van der Waals surface area contributed by atoms with E-state index in [1.54, 1.807) is 6.07 Å². The van der Waals surface area contributed by atoms with Crippen LogP contribution in [0.25, 0.3) is 10.9 Å². The first-order chi connectivity index (χ1) is 20.2. The SMILES string of the molecule is CCCC(c1nc2ccc(C(=O)N3CCC(c4ccccc4)(N(C)C)CC3)cc2c(=O)n1CC)N1C[C@@H](C)N[C@@H](C)C1. The van der Waals surface area contributed by atoms with Gasteiger partial charge in [-0.25, -0.2) is 4.98 Å². The van der Waals surface area contributed by atoms with Crippen molar-refractivity contribution in [3.63, 3.8) is 0 Å². The van der Waals surface area contributed by atoms with Gasteiger partial charge in [0.15, 0.2) is 0 Å². The zero-order chi connectivity index (χ0) is 30.0. The molecule has 8 nitrogen and oxygen atoms in total. The van der Waals surface area contributed by atoms with E-state index in [2.05, 4.69) is 74.2 Å². The number of carbonyl (C=O) groups excluding carboxylic acids is 1. The van der Waals surface area contributed by atoms with Crippen molar-refractivity contribution in [1.29, 1.82) is 0 Å². The molecule has 2 fully saturated rings. The molecular formula is C34H48N6O2. The number of nitrogens with one attached hydrogen (secondary N) is 1. The fourth-order valence-electron chi connectivity index (χ4n) is 7.31. The van der Waals surface area contributed by atoms with E-state index in [0.29, 0.717) is 48.2 Å². The molecule has 1 unspecified atom stereocenters. The Bertz CT molecular complexity index is 1430. The quantitative estimate of drug-likeness (QED) is 0.424. The molecule has 1 amide bonds. The largest absolute Gasteiger partial charge is 0.338 e. The van der Waals surface area contributed by atoms with Crippen LogP contribution in [0.2, 0.25) is 0 Å². The number of amides is 1. The molecule has 1 aromatic heterocycles. The highest BCUT2D eigenvalue weighted by Gasteiger charge is 2.39. The molecule has 3 heterocycles. The lowest BCUT2D eigenvalue weighted by molar-refractivity contribution is 0.0411. The van der Waals surface area contributed by atoms with Gasteiger partial charge in [0.05, 0.1) is 16.9 Å². The van der Waals surface area contributed by atoms with E-state index in [9.17, 15) is 9.59 Å². The number of rotatable bonds is 8. The van der Waals surface area contributed by atoms with Crippen molar-refractivity contribution >= 4 is 16.8 Å². The third-order valence-electron chi connectivity index (χ3n) is 9.48. The van der Waals surface area contributed by atoms with Crippen LogP contribution in [0.5, 0.6) is 0 Å². The van der Waals surface area contributed by atoms with Crippen molar-refractivity contribution in [1.82, 2.24) is 29.6 Å². The summed E-state index contributed by atoms with van der Waals surface area (Å²) in [5, 5.41) is 4.14. The van der Waals surface area contributed by atoms with Crippen molar-refractivity contribution in [2.45, 2.75) is 83.6 Å². The maximum absolute atomic E-state index is 13.9. The summed E-state index contributed by atoms with van der Waals surface area (Å²) in [6.45, 7) is 12.4.